The monoisotopic (exact) mass is 1740 g/mol. The molecule has 0 spiro atoms. The second kappa shape index (κ2) is 70.2. The highest BCUT2D eigenvalue weighted by Gasteiger charge is 2.36. The van der Waals surface area contributed by atoms with Gasteiger partial charge in [0.2, 0.25) is 17.7 Å². The number of amides is 3. The van der Waals surface area contributed by atoms with Gasteiger partial charge in [0.1, 0.15) is 18.3 Å². The third kappa shape index (κ3) is 62.1. The Hall–Kier alpha value is -9.03. The molecule has 0 rings (SSSR count). The molecule has 0 aromatic rings. The third-order valence-corrected chi connectivity index (χ3v) is 22.6. The predicted molar refractivity (Wildman–Crippen MR) is 475 cm³/mol. The molecule has 0 aliphatic carbocycles. The number of carboxylic acids is 3. The Balaban J connectivity index is 5.53. The summed E-state index contributed by atoms with van der Waals surface area (Å²) in [7, 11) is 0. The third-order valence-electron chi connectivity index (χ3n) is 22.6. The minimum absolute atomic E-state index is 0.0229. The zero-order valence-corrected chi connectivity index (χ0v) is 77.4. The Labute approximate surface area is 743 Å². The fraction of sp³-hybridized carbons (Fsp3) is 0.840. The average Bonchev–Trinajstić information content (AvgIpc) is 0.870. The van der Waals surface area contributed by atoms with E-state index in [-0.39, 0.29) is 113 Å². The van der Waals surface area contributed by atoms with E-state index in [9.17, 15) is 69.5 Å². The SMILES string of the molecule is [C-]#[N+]C(C)(CCC(=O)OC(CCCCCC)CCCCCCCCCCC(=O)NCCN(CCNC(=O)CCCCCCCCCCC(CCCCCC)OC(=O)CCC(C)(C#N)/N=N/C(C)(C#N)CCC(=O)O)C(=O)CCCCCCCCCCC(CCCCCC)OC(=O)CCC(C)(C#N)/N=N/C(C)(C#N)CCC(=O)O)/N=N/C(C)(C#N)CCC(=O)O. The van der Waals surface area contributed by atoms with Crippen molar-refractivity contribution in [1.82, 2.24) is 15.5 Å². The number of unbranched alkanes of at least 4 members (excludes halogenated alkanes) is 30. The average molecular weight is 1740 g/mol. The van der Waals surface area contributed by atoms with Gasteiger partial charge in [-0.05, 0) is 163 Å². The van der Waals surface area contributed by atoms with Crippen molar-refractivity contribution in [3.63, 3.8) is 0 Å². The van der Waals surface area contributed by atoms with Crippen molar-refractivity contribution in [1.29, 1.82) is 26.3 Å². The molecule has 30 heteroatoms. The lowest BCUT2D eigenvalue weighted by Crippen LogP contribution is -2.42. The number of nitrogens with zero attached hydrogens (tertiary/aromatic N) is 13. The first-order valence-corrected chi connectivity index (χ1v) is 47.0. The molecule has 0 aliphatic rings. The standard InChI is InChI=1S/C94H157N15O15/c1-11-14-17-38-47-77(122-86(119)59-65-92(7,75-98)105-103-89(4,72-95)62-56-83(113)114)50-41-32-26-20-23-29-35-44-53-80(110)101-68-70-109(82(112)55-46-37-31-25-22-28-34-42-51-78(48-39-18-15-12-2)123-87(120)60-66-93(8,76-99)106-104-90(5,73-96)63-57-84(115)116)71-69-102-81(111)54-45-36-30-24-21-27-33-43-52-79(49-40-19-16-13-3)124-88(121)61-67-94(9,100-10)108-107-91(6,74-97)64-58-85(117)118/h77-79H,11-71H2,1-9H3,(H,101,110)(H,102,111)(H,113,114)(H,115,116)(H,117,118)/b105-103+,106-104+,108-107+. The van der Waals surface area contributed by atoms with Gasteiger partial charge in [0, 0.05) is 84.5 Å². The number of carbonyl (C=O) groups is 9. The summed E-state index contributed by atoms with van der Waals surface area (Å²) >= 11 is 0. The van der Waals surface area contributed by atoms with Crippen molar-refractivity contribution in [2.75, 3.05) is 26.2 Å². The Bertz CT molecular complexity index is 3280. The molecule has 3 amide bonds. The minimum Gasteiger partial charge on any atom is -0.481 e. The topological polar surface area (TPSA) is 467 Å². The lowest BCUT2D eigenvalue weighted by Gasteiger charge is -2.23. The van der Waals surface area contributed by atoms with Gasteiger partial charge in [-0.3, -0.25) is 48.0 Å². The molecule has 0 aromatic heterocycles. The summed E-state index contributed by atoms with van der Waals surface area (Å²) < 4.78 is 17.9. The number of esters is 3. The van der Waals surface area contributed by atoms with E-state index in [0.29, 0.717) is 51.9 Å². The van der Waals surface area contributed by atoms with Crippen LogP contribution in [0.1, 0.15) is 428 Å². The maximum Gasteiger partial charge on any atom is 0.338 e. The Morgan fingerprint density at radius 2 is 0.556 bits per heavy atom. The molecule has 30 nitrogen and oxygen atoms in total. The fourth-order valence-electron chi connectivity index (χ4n) is 13.9. The van der Waals surface area contributed by atoms with Gasteiger partial charge in [0.15, 0.2) is 27.7 Å². The van der Waals surface area contributed by atoms with E-state index in [4.69, 9.17) is 36.1 Å². The lowest BCUT2D eigenvalue weighted by atomic mass is 9.97. The summed E-state index contributed by atoms with van der Waals surface area (Å²) in [6, 6.07) is 10.1. The van der Waals surface area contributed by atoms with E-state index in [0.717, 1.165) is 263 Å². The van der Waals surface area contributed by atoms with Gasteiger partial charge in [0.05, 0.1) is 43.2 Å². The highest BCUT2D eigenvalue weighted by molar-refractivity contribution is 5.78. The number of rotatable bonds is 81. The molecule has 0 saturated carbocycles. The number of azo groups is 3. The molecule has 5 N–H and O–H groups in total. The van der Waals surface area contributed by atoms with Gasteiger partial charge < -0.3 is 45.1 Å². The quantitative estimate of drug-likeness (QED) is 0.0124. The maximum absolute atomic E-state index is 13.9. The van der Waals surface area contributed by atoms with Crippen LogP contribution in [0.4, 0.5) is 0 Å². The first-order chi connectivity index (χ1) is 59.2. The van der Waals surface area contributed by atoms with E-state index >= 15 is 0 Å². The van der Waals surface area contributed by atoms with Crippen LogP contribution in [0.2, 0.25) is 0 Å². The van der Waals surface area contributed by atoms with E-state index < -0.39 is 69.2 Å². The molecule has 124 heavy (non-hydrogen) atoms. The number of nitriles is 5. The maximum atomic E-state index is 13.9. The van der Waals surface area contributed by atoms with Gasteiger partial charge in [-0.1, -0.05) is 194 Å². The van der Waals surface area contributed by atoms with Crippen LogP contribution in [0.5, 0.6) is 0 Å². The summed E-state index contributed by atoms with van der Waals surface area (Å²) in [6.07, 6.45) is 39.0. The molecule has 0 aliphatic heterocycles. The normalized spacial score (nSPS) is 15.1. The van der Waals surface area contributed by atoms with Crippen molar-refractivity contribution in [3.05, 3.63) is 11.4 Å². The zero-order chi connectivity index (χ0) is 92.7. The number of ether oxygens (including phenoxy) is 3. The summed E-state index contributed by atoms with van der Waals surface area (Å²) in [4.78, 5) is 118. The van der Waals surface area contributed by atoms with E-state index in [1.54, 1.807) is 4.90 Å². The number of nitrogens with one attached hydrogen (secondary N) is 2. The highest BCUT2D eigenvalue weighted by Crippen LogP contribution is 2.30. The van der Waals surface area contributed by atoms with Crippen molar-refractivity contribution in [2.45, 2.75) is 480 Å². The molecule has 0 radical (unpaired) electrons. The Morgan fingerprint density at radius 3 is 0.806 bits per heavy atom. The van der Waals surface area contributed by atoms with E-state index in [1.807, 2.05) is 18.2 Å². The van der Waals surface area contributed by atoms with Crippen LogP contribution in [-0.2, 0) is 57.4 Å². The van der Waals surface area contributed by atoms with Crippen LogP contribution in [0.3, 0.4) is 0 Å². The first kappa shape index (κ1) is 115. The fourth-order valence-corrected chi connectivity index (χ4v) is 13.9. The van der Waals surface area contributed by atoms with Crippen LogP contribution in [0.15, 0.2) is 30.7 Å². The number of carbonyl (C=O) groups excluding carboxylic acids is 6. The minimum atomic E-state index is -1.42. The number of aliphatic carboxylic acids is 3. The predicted octanol–water partition coefficient (Wildman–Crippen LogP) is 21.7. The molecule has 0 fully saturated rings. The van der Waals surface area contributed by atoms with E-state index in [2.05, 4.69) is 79.1 Å². The van der Waals surface area contributed by atoms with Crippen LogP contribution >= 0.6 is 0 Å². The summed E-state index contributed by atoms with van der Waals surface area (Å²) in [5.74, 6) is -4.64. The van der Waals surface area contributed by atoms with Crippen LogP contribution < -0.4 is 10.6 Å². The smallest absolute Gasteiger partial charge is 0.338 e. The van der Waals surface area contributed by atoms with Crippen molar-refractivity contribution in [2.24, 2.45) is 30.7 Å². The number of carboxylic acid groups (broad SMARTS) is 3. The van der Waals surface area contributed by atoms with Gasteiger partial charge in [-0.15, -0.1) is 5.11 Å². The molecular weight excluding hydrogens is 1580 g/mol. The molecule has 0 saturated heterocycles. The summed E-state index contributed by atoms with van der Waals surface area (Å²) in [5.41, 5.74) is -8.46. The Morgan fingerprint density at radius 1 is 0.331 bits per heavy atom. The van der Waals surface area contributed by atoms with Crippen molar-refractivity contribution >= 4 is 53.5 Å². The molecule has 9 unspecified atom stereocenters. The van der Waals surface area contributed by atoms with Crippen molar-refractivity contribution < 1.29 is 72.7 Å². The zero-order valence-electron chi connectivity index (χ0n) is 77.4. The molecule has 698 valence electrons. The van der Waals surface area contributed by atoms with Crippen LogP contribution in [-0.4, -0.2) is 152 Å². The van der Waals surface area contributed by atoms with Crippen LogP contribution in [0, 0.1) is 63.2 Å². The molecule has 0 bridgehead atoms. The van der Waals surface area contributed by atoms with Gasteiger partial charge in [-0.25, -0.2) is 6.57 Å². The van der Waals surface area contributed by atoms with E-state index in [1.165, 1.54) is 41.5 Å². The molecule has 0 heterocycles. The van der Waals surface area contributed by atoms with Gasteiger partial charge >= 0.3 is 41.5 Å². The molecule has 9 atom stereocenters. The highest BCUT2D eigenvalue weighted by atomic mass is 16.6. The molecular formula is C94H157N15O15. The van der Waals surface area contributed by atoms with Gasteiger partial charge in [0.25, 0.3) is 0 Å². The summed E-state index contributed by atoms with van der Waals surface area (Å²) in [6.45, 7) is 24.3. The van der Waals surface area contributed by atoms with Crippen LogP contribution in [0.25, 0.3) is 4.85 Å². The second-order valence-electron chi connectivity index (χ2n) is 35.1. The molecule has 0 aromatic carbocycles. The largest absolute Gasteiger partial charge is 0.481 e. The second-order valence-corrected chi connectivity index (χ2v) is 35.1. The Kier molecular flexibility index (Phi) is 65.1. The first-order valence-electron chi connectivity index (χ1n) is 47.0. The van der Waals surface area contributed by atoms with Crippen molar-refractivity contribution in [3.8, 4) is 30.3 Å². The number of hydrogen-bond donors (Lipinski definition) is 5. The summed E-state index contributed by atoms with van der Waals surface area (Å²) in [5, 5.41) is 107. The number of hydrogen-bond acceptors (Lipinski definition) is 23. The lowest BCUT2D eigenvalue weighted by molar-refractivity contribution is -0.151. The van der Waals surface area contributed by atoms with Gasteiger partial charge in [-0.2, -0.15) is 51.9 Å².